The Morgan fingerprint density at radius 3 is 2.12 bits per heavy atom. The van der Waals surface area contributed by atoms with Crippen LogP contribution in [0.3, 0.4) is 0 Å². The van der Waals surface area contributed by atoms with Crippen LogP contribution < -0.4 is 10.6 Å². The van der Waals surface area contributed by atoms with Crippen molar-refractivity contribution >= 4 is 34.9 Å². The highest BCUT2D eigenvalue weighted by Crippen LogP contribution is 2.30. The summed E-state index contributed by atoms with van der Waals surface area (Å²) in [5.74, 6) is 0.432. The molecule has 3 aromatic rings. The summed E-state index contributed by atoms with van der Waals surface area (Å²) in [4.78, 5) is 12.1. The number of nitrogens with one attached hydrogen (secondary N) is 2. The van der Waals surface area contributed by atoms with Gasteiger partial charge in [0, 0.05) is 5.69 Å². The van der Waals surface area contributed by atoms with Crippen molar-refractivity contribution in [2.45, 2.75) is 6.18 Å². The van der Waals surface area contributed by atoms with Crippen LogP contribution in [0.15, 0.2) is 54.9 Å². The maximum absolute atomic E-state index is 12.6. The van der Waals surface area contributed by atoms with Crippen molar-refractivity contribution in [1.29, 1.82) is 0 Å². The van der Waals surface area contributed by atoms with Crippen LogP contribution in [0.4, 0.5) is 36.4 Å². The van der Waals surface area contributed by atoms with Gasteiger partial charge in [-0.25, -0.2) is 9.97 Å². The SMILES string of the molecule is FC(F)(F)c1ccc(Nc2ncnc(Nc3ccccc3Cl)n2)cc1. The van der Waals surface area contributed by atoms with Crippen molar-refractivity contribution in [1.82, 2.24) is 15.0 Å². The van der Waals surface area contributed by atoms with Crippen molar-refractivity contribution in [2.24, 2.45) is 0 Å². The van der Waals surface area contributed by atoms with E-state index < -0.39 is 11.7 Å². The van der Waals surface area contributed by atoms with Crippen LogP contribution in [0.2, 0.25) is 5.02 Å². The normalized spacial score (nSPS) is 11.2. The first kappa shape index (κ1) is 17.0. The summed E-state index contributed by atoms with van der Waals surface area (Å²) in [6, 6.07) is 11.6. The average molecular weight is 366 g/mol. The summed E-state index contributed by atoms with van der Waals surface area (Å²) >= 11 is 6.05. The Labute approximate surface area is 145 Å². The van der Waals surface area contributed by atoms with Crippen LogP contribution in [0, 0.1) is 0 Å². The van der Waals surface area contributed by atoms with Gasteiger partial charge in [-0.3, -0.25) is 0 Å². The van der Waals surface area contributed by atoms with Gasteiger partial charge < -0.3 is 10.6 Å². The van der Waals surface area contributed by atoms with Crippen molar-refractivity contribution in [3.8, 4) is 0 Å². The van der Waals surface area contributed by atoms with Crippen LogP contribution >= 0.6 is 11.6 Å². The zero-order valence-corrected chi connectivity index (χ0v) is 13.3. The largest absolute Gasteiger partial charge is 0.416 e. The molecule has 128 valence electrons. The van der Waals surface area contributed by atoms with Gasteiger partial charge >= 0.3 is 6.18 Å². The molecule has 0 spiro atoms. The summed E-state index contributed by atoms with van der Waals surface area (Å²) in [5, 5.41) is 6.27. The van der Waals surface area contributed by atoms with Gasteiger partial charge in [-0.15, -0.1) is 0 Å². The Hall–Kier alpha value is -2.87. The minimum absolute atomic E-state index is 0.185. The molecule has 3 rings (SSSR count). The molecule has 0 saturated carbocycles. The predicted octanol–water partition coefficient (Wildman–Crippen LogP) is 5.03. The molecule has 0 radical (unpaired) electrons. The van der Waals surface area contributed by atoms with Crippen molar-refractivity contribution in [2.75, 3.05) is 10.6 Å². The lowest BCUT2D eigenvalue weighted by atomic mass is 10.2. The van der Waals surface area contributed by atoms with Gasteiger partial charge in [-0.1, -0.05) is 23.7 Å². The molecule has 1 aromatic heterocycles. The number of benzene rings is 2. The molecule has 5 nitrogen and oxygen atoms in total. The van der Waals surface area contributed by atoms with E-state index in [4.69, 9.17) is 11.6 Å². The molecule has 0 atom stereocenters. The van der Waals surface area contributed by atoms with E-state index in [1.165, 1.54) is 18.5 Å². The highest BCUT2D eigenvalue weighted by Gasteiger charge is 2.29. The molecule has 0 amide bonds. The second-order valence-corrected chi connectivity index (χ2v) is 5.34. The number of halogens is 4. The maximum atomic E-state index is 12.6. The van der Waals surface area contributed by atoms with E-state index in [0.29, 0.717) is 16.4 Å². The minimum atomic E-state index is -4.38. The fourth-order valence-electron chi connectivity index (χ4n) is 1.97. The number of rotatable bonds is 4. The summed E-state index contributed by atoms with van der Waals surface area (Å²) < 4.78 is 37.7. The van der Waals surface area contributed by atoms with Gasteiger partial charge in [0.1, 0.15) is 6.33 Å². The van der Waals surface area contributed by atoms with Crippen molar-refractivity contribution in [3.63, 3.8) is 0 Å². The van der Waals surface area contributed by atoms with Gasteiger partial charge in [-0.2, -0.15) is 18.2 Å². The summed E-state index contributed by atoms with van der Waals surface area (Å²) in [6.07, 6.45) is -3.10. The lowest BCUT2D eigenvalue weighted by Gasteiger charge is -2.10. The lowest BCUT2D eigenvalue weighted by molar-refractivity contribution is -0.137. The highest BCUT2D eigenvalue weighted by atomic mass is 35.5. The number of alkyl halides is 3. The fourth-order valence-corrected chi connectivity index (χ4v) is 2.15. The molecule has 9 heteroatoms. The number of para-hydroxylation sites is 1. The fraction of sp³-hybridized carbons (Fsp3) is 0.0625. The van der Waals surface area contributed by atoms with Gasteiger partial charge in [0.05, 0.1) is 16.3 Å². The second kappa shape index (κ2) is 6.94. The smallest absolute Gasteiger partial charge is 0.324 e. The maximum Gasteiger partial charge on any atom is 0.416 e. The van der Waals surface area contributed by atoms with Gasteiger partial charge in [0.25, 0.3) is 0 Å². The molecular formula is C16H11ClF3N5. The third-order valence-corrected chi connectivity index (χ3v) is 3.49. The molecule has 0 unspecified atom stereocenters. The molecule has 2 aromatic carbocycles. The number of aromatic nitrogens is 3. The van der Waals surface area contributed by atoms with Gasteiger partial charge in [-0.05, 0) is 36.4 Å². The quantitative estimate of drug-likeness (QED) is 0.679. The van der Waals surface area contributed by atoms with E-state index >= 15 is 0 Å². The van der Waals surface area contributed by atoms with Crippen molar-refractivity contribution in [3.05, 3.63) is 65.4 Å². The van der Waals surface area contributed by atoms with Crippen LogP contribution in [0.5, 0.6) is 0 Å². The van der Waals surface area contributed by atoms with Gasteiger partial charge in [0.2, 0.25) is 11.9 Å². The molecule has 0 aliphatic heterocycles. The highest BCUT2D eigenvalue weighted by molar-refractivity contribution is 6.33. The van der Waals surface area contributed by atoms with Crippen LogP contribution in [-0.4, -0.2) is 15.0 Å². The second-order valence-electron chi connectivity index (χ2n) is 4.94. The molecule has 0 aliphatic rings. The summed E-state index contributed by atoms with van der Waals surface area (Å²) in [5.41, 5.74) is 0.313. The van der Waals surface area contributed by atoms with E-state index in [2.05, 4.69) is 25.6 Å². The number of hydrogen-bond donors (Lipinski definition) is 2. The molecule has 25 heavy (non-hydrogen) atoms. The minimum Gasteiger partial charge on any atom is -0.324 e. The molecule has 0 fully saturated rings. The molecule has 1 heterocycles. The Morgan fingerprint density at radius 1 is 0.840 bits per heavy atom. The van der Waals surface area contributed by atoms with E-state index in [-0.39, 0.29) is 11.9 Å². The first-order valence-electron chi connectivity index (χ1n) is 7.07. The Balaban J connectivity index is 1.75. The molecule has 0 aliphatic carbocycles. The number of anilines is 4. The molecule has 0 bridgehead atoms. The first-order valence-corrected chi connectivity index (χ1v) is 7.44. The third kappa shape index (κ3) is 4.36. The predicted molar refractivity (Wildman–Crippen MR) is 89.3 cm³/mol. The Bertz CT molecular complexity index is 868. The van der Waals surface area contributed by atoms with E-state index in [1.54, 1.807) is 24.3 Å². The van der Waals surface area contributed by atoms with Crippen LogP contribution in [0.25, 0.3) is 0 Å². The number of nitrogens with zero attached hydrogens (tertiary/aromatic N) is 3. The molecular weight excluding hydrogens is 355 g/mol. The standard InChI is InChI=1S/C16H11ClF3N5/c17-12-3-1-2-4-13(12)24-15-22-9-21-14(25-15)23-11-7-5-10(6-8-11)16(18,19)20/h1-9H,(H2,21,22,23,24,25). The molecule has 0 saturated heterocycles. The summed E-state index contributed by atoms with van der Waals surface area (Å²) in [7, 11) is 0. The third-order valence-electron chi connectivity index (χ3n) is 3.16. The van der Waals surface area contributed by atoms with Crippen LogP contribution in [0.1, 0.15) is 5.56 Å². The Morgan fingerprint density at radius 2 is 1.48 bits per heavy atom. The van der Waals surface area contributed by atoms with E-state index in [9.17, 15) is 13.2 Å². The summed E-state index contributed by atoms with van der Waals surface area (Å²) in [6.45, 7) is 0. The zero-order chi connectivity index (χ0) is 17.9. The van der Waals surface area contributed by atoms with Crippen LogP contribution in [-0.2, 0) is 6.18 Å². The van der Waals surface area contributed by atoms with Gasteiger partial charge in [0.15, 0.2) is 0 Å². The monoisotopic (exact) mass is 365 g/mol. The van der Waals surface area contributed by atoms with E-state index in [0.717, 1.165) is 12.1 Å². The zero-order valence-electron chi connectivity index (χ0n) is 12.5. The topological polar surface area (TPSA) is 62.7 Å². The Kier molecular flexibility index (Phi) is 4.71. The van der Waals surface area contributed by atoms with E-state index in [1.807, 2.05) is 0 Å². The molecule has 2 N–H and O–H groups in total. The lowest BCUT2D eigenvalue weighted by Crippen LogP contribution is -2.05. The number of hydrogen-bond acceptors (Lipinski definition) is 5. The first-order chi connectivity index (χ1) is 11.9. The average Bonchev–Trinajstić information content (AvgIpc) is 2.57. The van der Waals surface area contributed by atoms with Crippen molar-refractivity contribution < 1.29 is 13.2 Å².